The minimum Gasteiger partial charge on any atom is -0.507 e. The lowest BCUT2D eigenvalue weighted by atomic mass is 9.82. The highest BCUT2D eigenvalue weighted by Gasteiger charge is 2.48. The van der Waals surface area contributed by atoms with Crippen LogP contribution in [-0.4, -0.2) is 74.4 Å². The standard InChI is InChI=1S/C47H68O10/c1-31-21-33(23-37(41(31)50)35-13-9-7-10-14-35)17-19-39(48)52-25-45(3,4)43-54-27-47(28-55-43)29-56-44(57-30-47)46(5,6)26-53-40(49)20-18-34-22-32(2)42(51)38(24-34)36-15-11-8-12-16-36/h21-24,35-36,43-44,50-51H,7-20,25-30H2,1-6H3. The second-order valence-corrected chi connectivity index (χ2v) is 19.1. The van der Waals surface area contributed by atoms with Crippen molar-refractivity contribution in [2.24, 2.45) is 16.2 Å². The van der Waals surface area contributed by atoms with Gasteiger partial charge in [-0.15, -0.1) is 0 Å². The molecule has 4 fully saturated rings. The van der Waals surface area contributed by atoms with Crippen LogP contribution in [0.3, 0.4) is 0 Å². The number of aryl methyl sites for hydroxylation is 4. The summed E-state index contributed by atoms with van der Waals surface area (Å²) in [6.07, 6.45) is 12.2. The molecule has 2 aromatic rings. The lowest BCUT2D eigenvalue weighted by molar-refractivity contribution is -0.337. The third-order valence-corrected chi connectivity index (χ3v) is 12.8. The van der Waals surface area contributed by atoms with Crippen LogP contribution in [-0.2, 0) is 50.9 Å². The van der Waals surface area contributed by atoms with Gasteiger partial charge in [0, 0.05) is 23.7 Å². The van der Waals surface area contributed by atoms with Crippen LogP contribution in [0.25, 0.3) is 0 Å². The Morgan fingerprint density at radius 2 is 0.965 bits per heavy atom. The van der Waals surface area contributed by atoms with Gasteiger partial charge in [-0.2, -0.15) is 0 Å². The van der Waals surface area contributed by atoms with Crippen LogP contribution in [0.4, 0.5) is 0 Å². The summed E-state index contributed by atoms with van der Waals surface area (Å²) in [5.41, 5.74) is 4.23. The molecule has 6 rings (SSSR count). The number of hydrogen-bond acceptors (Lipinski definition) is 10. The molecule has 0 amide bonds. The second-order valence-electron chi connectivity index (χ2n) is 19.1. The molecular formula is C47H68O10. The van der Waals surface area contributed by atoms with Gasteiger partial charge in [0.2, 0.25) is 0 Å². The van der Waals surface area contributed by atoms with Crippen LogP contribution in [0, 0.1) is 30.1 Å². The number of carbonyl (C=O) groups excluding carboxylic acids is 2. The van der Waals surface area contributed by atoms with Gasteiger partial charge in [0.25, 0.3) is 0 Å². The molecular weight excluding hydrogens is 725 g/mol. The quantitative estimate of drug-likeness (QED) is 0.179. The van der Waals surface area contributed by atoms with Crippen molar-refractivity contribution in [2.75, 3.05) is 39.6 Å². The van der Waals surface area contributed by atoms with E-state index in [0.29, 0.717) is 62.6 Å². The van der Waals surface area contributed by atoms with Crippen molar-refractivity contribution in [2.45, 2.75) is 156 Å². The molecule has 10 heteroatoms. The second kappa shape index (κ2) is 18.8. The summed E-state index contributed by atoms with van der Waals surface area (Å²) < 4.78 is 36.4. The molecule has 316 valence electrons. The average molecular weight is 793 g/mol. The van der Waals surface area contributed by atoms with Crippen molar-refractivity contribution in [1.29, 1.82) is 0 Å². The summed E-state index contributed by atoms with van der Waals surface area (Å²) in [5.74, 6) is 1.02. The van der Waals surface area contributed by atoms with Crippen molar-refractivity contribution in [1.82, 2.24) is 0 Å². The van der Waals surface area contributed by atoms with Gasteiger partial charge in [0.15, 0.2) is 12.6 Å². The molecule has 0 radical (unpaired) electrons. The molecule has 0 atom stereocenters. The Balaban J connectivity index is 0.899. The van der Waals surface area contributed by atoms with E-state index in [2.05, 4.69) is 12.1 Å². The highest BCUT2D eigenvalue weighted by Crippen LogP contribution is 2.42. The van der Waals surface area contributed by atoms with E-state index in [1.165, 1.54) is 38.5 Å². The molecule has 0 bridgehead atoms. The third-order valence-electron chi connectivity index (χ3n) is 12.8. The highest BCUT2D eigenvalue weighted by atomic mass is 16.7. The molecule has 2 saturated carbocycles. The Hall–Kier alpha value is -3.18. The smallest absolute Gasteiger partial charge is 0.306 e. The van der Waals surface area contributed by atoms with Gasteiger partial charge in [-0.3, -0.25) is 9.59 Å². The van der Waals surface area contributed by atoms with E-state index in [0.717, 1.165) is 59.1 Å². The van der Waals surface area contributed by atoms with Crippen molar-refractivity contribution in [3.63, 3.8) is 0 Å². The molecule has 1 spiro atoms. The number of phenolic OH excluding ortho intramolecular Hbond substituents is 2. The summed E-state index contributed by atoms with van der Waals surface area (Å²) in [5, 5.41) is 21.5. The first kappa shape index (κ1) is 43.4. The third kappa shape index (κ3) is 11.1. The van der Waals surface area contributed by atoms with E-state index in [1.54, 1.807) is 0 Å². The lowest BCUT2D eigenvalue weighted by Gasteiger charge is -2.48. The predicted octanol–water partition coefficient (Wildman–Crippen LogP) is 9.25. The first-order valence-electron chi connectivity index (χ1n) is 21.6. The van der Waals surface area contributed by atoms with Crippen LogP contribution >= 0.6 is 0 Å². The normalized spacial score (nSPS) is 24.0. The van der Waals surface area contributed by atoms with Crippen molar-refractivity contribution in [3.05, 3.63) is 57.6 Å². The van der Waals surface area contributed by atoms with Crippen LogP contribution in [0.15, 0.2) is 24.3 Å². The number of esters is 2. The van der Waals surface area contributed by atoms with E-state index in [9.17, 15) is 19.8 Å². The van der Waals surface area contributed by atoms with Gasteiger partial charge < -0.3 is 38.6 Å². The SMILES string of the molecule is Cc1cc(CCC(=O)OCC(C)(C)C2OCC3(CO2)COC(C(C)(C)COC(=O)CCc2cc(C)c(O)c(C4CCCCC4)c2)OC3)cc(C2CCCCC2)c1O. The Morgan fingerprint density at radius 3 is 1.32 bits per heavy atom. The molecule has 2 aliphatic heterocycles. The molecule has 2 N–H and O–H groups in total. The number of phenols is 2. The number of aromatic hydroxyl groups is 2. The molecule has 0 unspecified atom stereocenters. The van der Waals surface area contributed by atoms with E-state index >= 15 is 0 Å². The Bertz CT molecular complexity index is 1540. The fourth-order valence-electron chi connectivity index (χ4n) is 9.07. The minimum absolute atomic E-state index is 0.156. The lowest BCUT2D eigenvalue weighted by Crippen LogP contribution is -2.57. The molecule has 2 aliphatic carbocycles. The molecule has 4 aliphatic rings. The molecule has 2 saturated heterocycles. The maximum Gasteiger partial charge on any atom is 0.306 e. The number of ether oxygens (including phenoxy) is 6. The number of rotatable bonds is 14. The summed E-state index contributed by atoms with van der Waals surface area (Å²) >= 11 is 0. The average Bonchev–Trinajstić information content (AvgIpc) is 3.21. The molecule has 2 aromatic carbocycles. The molecule has 0 aromatic heterocycles. The number of benzene rings is 2. The predicted molar refractivity (Wildman–Crippen MR) is 217 cm³/mol. The zero-order valence-electron chi connectivity index (χ0n) is 35.4. The monoisotopic (exact) mass is 792 g/mol. The topological polar surface area (TPSA) is 130 Å². The minimum atomic E-state index is -0.579. The van der Waals surface area contributed by atoms with Crippen LogP contribution in [0.5, 0.6) is 11.5 Å². The first-order chi connectivity index (χ1) is 27.1. The summed E-state index contributed by atoms with van der Waals surface area (Å²) in [4.78, 5) is 25.7. The molecule has 57 heavy (non-hydrogen) atoms. The Labute approximate surface area is 340 Å². The Kier molecular flexibility index (Phi) is 14.3. The van der Waals surface area contributed by atoms with Crippen LogP contribution in [0.2, 0.25) is 0 Å². The molecule has 10 nitrogen and oxygen atoms in total. The van der Waals surface area contributed by atoms with Crippen molar-refractivity contribution < 1.29 is 48.2 Å². The largest absolute Gasteiger partial charge is 0.507 e. The van der Waals surface area contributed by atoms with Crippen LogP contribution in [0.1, 0.15) is 150 Å². The van der Waals surface area contributed by atoms with Gasteiger partial charge >= 0.3 is 11.9 Å². The first-order valence-corrected chi connectivity index (χ1v) is 21.6. The summed E-state index contributed by atoms with van der Waals surface area (Å²) in [6, 6.07) is 8.12. The molecule has 2 heterocycles. The maximum atomic E-state index is 12.9. The highest BCUT2D eigenvalue weighted by molar-refractivity contribution is 5.70. The van der Waals surface area contributed by atoms with E-state index < -0.39 is 28.8 Å². The fourth-order valence-corrected chi connectivity index (χ4v) is 9.07. The van der Waals surface area contributed by atoms with Gasteiger partial charge in [-0.1, -0.05) is 90.5 Å². The Morgan fingerprint density at radius 1 is 0.614 bits per heavy atom. The van der Waals surface area contributed by atoms with Crippen molar-refractivity contribution in [3.8, 4) is 11.5 Å². The number of carbonyl (C=O) groups is 2. The van der Waals surface area contributed by atoms with E-state index in [4.69, 9.17) is 28.4 Å². The zero-order valence-corrected chi connectivity index (χ0v) is 35.4. The van der Waals surface area contributed by atoms with E-state index in [1.807, 2.05) is 53.7 Å². The van der Waals surface area contributed by atoms with Crippen LogP contribution < -0.4 is 0 Å². The van der Waals surface area contributed by atoms with Gasteiger partial charge in [0.1, 0.15) is 24.7 Å². The van der Waals surface area contributed by atoms with Crippen molar-refractivity contribution >= 4 is 11.9 Å². The summed E-state index contributed by atoms with van der Waals surface area (Å²) in [7, 11) is 0. The summed E-state index contributed by atoms with van der Waals surface area (Å²) in [6.45, 7) is 13.5. The van der Waals surface area contributed by atoms with Gasteiger partial charge in [-0.05, 0) is 97.6 Å². The number of hydrogen-bond donors (Lipinski definition) is 2. The zero-order chi connectivity index (χ0) is 40.8. The van der Waals surface area contributed by atoms with E-state index in [-0.39, 0.29) is 38.0 Å². The van der Waals surface area contributed by atoms with Gasteiger partial charge in [0.05, 0.1) is 31.8 Å². The maximum absolute atomic E-state index is 12.9. The fraction of sp³-hybridized carbons (Fsp3) is 0.702. The van der Waals surface area contributed by atoms with Gasteiger partial charge in [-0.25, -0.2) is 0 Å².